The van der Waals surface area contributed by atoms with E-state index in [1.165, 1.54) is 24.3 Å². The fourth-order valence-corrected chi connectivity index (χ4v) is 8.15. The van der Waals surface area contributed by atoms with Gasteiger partial charge in [-0.25, -0.2) is 0 Å². The van der Waals surface area contributed by atoms with Gasteiger partial charge < -0.3 is 25.0 Å². The van der Waals surface area contributed by atoms with Gasteiger partial charge in [0.1, 0.15) is 17.5 Å². The van der Waals surface area contributed by atoms with Gasteiger partial charge in [-0.1, -0.05) is 18.2 Å². The summed E-state index contributed by atoms with van der Waals surface area (Å²) in [5.41, 5.74) is 4.71. The molecular formula is C36H35AcF3N4O5. The number of fused-ring (bicyclic) bond motifs is 9. The number of aromatic hydroxyl groups is 2. The molecule has 0 spiro atoms. The first-order chi connectivity index (χ1) is 22.8. The summed E-state index contributed by atoms with van der Waals surface area (Å²) in [6, 6.07) is 7.07. The Hall–Kier alpha value is -3.29. The summed E-state index contributed by atoms with van der Waals surface area (Å²) in [6.07, 6.45) is -1.16. The first kappa shape index (κ1) is 35.5. The summed E-state index contributed by atoms with van der Waals surface area (Å²) in [7, 11) is 1.96. The summed E-state index contributed by atoms with van der Waals surface area (Å²) < 4.78 is 51.4. The third kappa shape index (κ3) is 5.79. The van der Waals surface area contributed by atoms with Gasteiger partial charge in [-0.2, -0.15) is 18.4 Å². The standard InChI is InChI=1S/C36H35F3N4O5.Ac/c1-17-10-21-12-24-26(14-40)43-25(31(42(24)4)29(21)33(46)18(17)2)13-23-30(35-34(47-16-48-35)19(3)32(23)45)27(43)15-41-28(44)9-8-20-6-5-7-22(11-20)36(37,38)39;/h5-11,24-27,31,45-46H,12-13,15-16H2,1-4H3,(H,41,44);/b9-8+;/t24-,25?,26-,27-,31-;/m0./s1. The molecule has 4 aliphatic rings. The Morgan fingerprint density at radius 2 is 1.80 bits per heavy atom. The number of aryl methyl sites for hydroxylation is 1. The van der Waals surface area contributed by atoms with Crippen molar-refractivity contribution in [3.8, 4) is 29.1 Å². The van der Waals surface area contributed by atoms with Crippen molar-refractivity contribution in [2.24, 2.45) is 0 Å². The molecule has 4 aliphatic heterocycles. The van der Waals surface area contributed by atoms with E-state index < -0.39 is 29.7 Å². The molecule has 1 saturated heterocycles. The normalized spacial score (nSPS) is 24.0. The fourth-order valence-electron chi connectivity index (χ4n) is 8.15. The Labute approximate surface area is 317 Å². The number of hydrogen-bond acceptors (Lipinski definition) is 8. The van der Waals surface area contributed by atoms with Crippen molar-refractivity contribution in [2.75, 3.05) is 20.4 Å². The number of alkyl halides is 3. The molecule has 13 heteroatoms. The number of likely N-dealkylation sites (N-methyl/N-ethyl adjacent to an activating group) is 1. The average Bonchev–Trinajstić information content (AvgIpc) is 3.54. The van der Waals surface area contributed by atoms with Crippen LogP contribution in [0.3, 0.4) is 0 Å². The van der Waals surface area contributed by atoms with E-state index in [1.54, 1.807) is 6.92 Å². The van der Waals surface area contributed by atoms with Crippen molar-refractivity contribution in [3.63, 3.8) is 0 Å². The number of carbonyl (C=O) groups is 1. The van der Waals surface area contributed by atoms with Crippen LogP contribution in [0.5, 0.6) is 23.0 Å². The molecule has 0 aromatic heterocycles. The second-order valence-corrected chi connectivity index (χ2v) is 13.1. The number of halogens is 3. The van der Waals surface area contributed by atoms with Gasteiger partial charge in [-0.05, 0) is 81.1 Å². The Morgan fingerprint density at radius 3 is 2.51 bits per heavy atom. The van der Waals surface area contributed by atoms with Crippen LogP contribution in [-0.4, -0.2) is 64.4 Å². The van der Waals surface area contributed by atoms with Gasteiger partial charge in [0.2, 0.25) is 12.7 Å². The van der Waals surface area contributed by atoms with Gasteiger partial charge >= 0.3 is 6.18 Å². The number of phenolic OH excluding ortho intramolecular Hbond substituents is 2. The molecule has 3 aromatic rings. The van der Waals surface area contributed by atoms with Crippen LogP contribution < -0.4 is 14.8 Å². The Morgan fingerprint density at radius 1 is 1.06 bits per heavy atom. The maximum Gasteiger partial charge on any atom is 0.416 e. The number of piperazine rings is 1. The zero-order valence-corrected chi connectivity index (χ0v) is 32.2. The van der Waals surface area contributed by atoms with E-state index in [0.29, 0.717) is 41.0 Å². The first-order valence-corrected chi connectivity index (χ1v) is 15.8. The van der Waals surface area contributed by atoms with E-state index >= 15 is 0 Å². The number of nitrogens with zero attached hydrogens (tertiary/aromatic N) is 3. The number of amides is 1. The Bertz CT molecular complexity index is 1930. The molecule has 2 bridgehead atoms. The second kappa shape index (κ2) is 13.1. The maximum atomic E-state index is 13.2. The largest absolute Gasteiger partial charge is 0.507 e. The Balaban J connectivity index is 0.00000417. The number of ether oxygens (including phenoxy) is 2. The van der Waals surface area contributed by atoms with E-state index in [-0.39, 0.29) is 92.6 Å². The smallest absolute Gasteiger partial charge is 0.416 e. The molecule has 7 rings (SSSR count). The number of nitrogens with one attached hydrogen (secondary N) is 1. The molecule has 1 fully saturated rings. The van der Waals surface area contributed by atoms with Gasteiger partial charge in [-0.3, -0.25) is 14.6 Å². The molecule has 4 heterocycles. The zero-order valence-electron chi connectivity index (χ0n) is 27.4. The van der Waals surface area contributed by atoms with Crippen molar-refractivity contribution in [3.05, 3.63) is 86.5 Å². The molecule has 49 heavy (non-hydrogen) atoms. The number of benzene rings is 3. The van der Waals surface area contributed by atoms with Crippen molar-refractivity contribution in [2.45, 2.75) is 70.0 Å². The molecule has 3 aromatic carbocycles. The molecule has 253 valence electrons. The molecule has 1 radical (unpaired) electrons. The minimum absolute atomic E-state index is 0. The maximum absolute atomic E-state index is 13.2. The minimum Gasteiger partial charge on any atom is -0.507 e. The zero-order chi connectivity index (χ0) is 34.2. The summed E-state index contributed by atoms with van der Waals surface area (Å²) in [6.45, 7) is 5.54. The topological polar surface area (TPSA) is 118 Å². The summed E-state index contributed by atoms with van der Waals surface area (Å²) >= 11 is 0. The van der Waals surface area contributed by atoms with Gasteiger partial charge in [0.15, 0.2) is 11.5 Å². The number of nitriles is 1. The van der Waals surface area contributed by atoms with Crippen molar-refractivity contribution >= 4 is 12.0 Å². The van der Waals surface area contributed by atoms with Gasteiger partial charge in [0.25, 0.3) is 0 Å². The molecule has 1 unspecified atom stereocenters. The van der Waals surface area contributed by atoms with E-state index in [4.69, 9.17) is 9.47 Å². The predicted molar refractivity (Wildman–Crippen MR) is 170 cm³/mol. The Kier molecular flexibility index (Phi) is 9.51. The SMILES string of the molecule is Cc1cc2c(c(O)c1C)[C@@H]1C3Cc4c(O)c(C)c5c(c4[C@H](CNC(=O)/C=C/c4cccc(C(F)(F)F)c4)N3[C@@H](C#N)[C@H](C2)N1C)OCO5.[Ac]. The van der Waals surface area contributed by atoms with E-state index in [9.17, 15) is 33.4 Å². The van der Waals surface area contributed by atoms with Crippen molar-refractivity contribution in [1.29, 1.82) is 5.26 Å². The number of hydrogen-bond donors (Lipinski definition) is 3. The fraction of sp³-hybridized carbons (Fsp3) is 0.389. The van der Waals surface area contributed by atoms with Crippen molar-refractivity contribution < 1.29 is 81.7 Å². The van der Waals surface area contributed by atoms with Crippen LogP contribution in [0.1, 0.15) is 62.2 Å². The third-order valence-corrected chi connectivity index (χ3v) is 10.6. The van der Waals surface area contributed by atoms with E-state index in [0.717, 1.165) is 34.4 Å². The van der Waals surface area contributed by atoms with Crippen molar-refractivity contribution in [1.82, 2.24) is 15.1 Å². The molecule has 5 atom stereocenters. The van der Waals surface area contributed by atoms with Crippen LogP contribution in [-0.2, 0) is 23.8 Å². The van der Waals surface area contributed by atoms with Crippen LogP contribution in [0.25, 0.3) is 6.08 Å². The quantitative estimate of drug-likeness (QED) is 0.300. The predicted octanol–water partition coefficient (Wildman–Crippen LogP) is 5.37. The van der Waals surface area contributed by atoms with E-state index in [1.807, 2.05) is 20.9 Å². The average molecular weight is 888 g/mol. The molecule has 1 amide bonds. The van der Waals surface area contributed by atoms with Crippen LogP contribution in [0, 0.1) is 76.2 Å². The minimum atomic E-state index is -4.51. The molecule has 0 aliphatic carbocycles. The van der Waals surface area contributed by atoms with Gasteiger partial charge in [-0.15, -0.1) is 0 Å². The van der Waals surface area contributed by atoms with E-state index in [2.05, 4.69) is 27.3 Å². The van der Waals surface area contributed by atoms with Crippen LogP contribution in [0.15, 0.2) is 36.4 Å². The molecule has 3 N–H and O–H groups in total. The summed E-state index contributed by atoms with van der Waals surface area (Å²) in [5, 5.41) is 36.7. The van der Waals surface area contributed by atoms with Gasteiger partial charge in [0.05, 0.1) is 23.7 Å². The number of rotatable bonds is 4. The third-order valence-electron chi connectivity index (χ3n) is 10.6. The van der Waals surface area contributed by atoms with Crippen LogP contribution in [0.2, 0.25) is 0 Å². The van der Waals surface area contributed by atoms with Crippen LogP contribution in [0.4, 0.5) is 13.2 Å². The molecular weight excluding hydrogens is 852 g/mol. The van der Waals surface area contributed by atoms with Gasteiger partial charge in [0, 0.05) is 91.0 Å². The number of phenols is 2. The first-order valence-electron chi connectivity index (χ1n) is 15.8. The molecule has 9 nitrogen and oxygen atoms in total. The molecule has 0 saturated carbocycles. The summed E-state index contributed by atoms with van der Waals surface area (Å²) in [5.74, 6) is 0.582. The summed E-state index contributed by atoms with van der Waals surface area (Å²) in [4.78, 5) is 17.4. The second-order valence-electron chi connectivity index (χ2n) is 13.1. The van der Waals surface area contributed by atoms with Crippen LogP contribution >= 0.6 is 0 Å². The number of carbonyl (C=O) groups excluding carboxylic acids is 1. The monoisotopic (exact) mass is 887 g/mol.